The number of unbranched alkanes of at least 4 members (excludes halogenated alkanes) is 4. The average Bonchev–Trinajstić information content (AvgIpc) is 1.61. The maximum Gasteiger partial charge on any atom is 0.320 e. The second-order valence-corrected chi connectivity index (χ2v) is 26.0. The fourth-order valence-corrected chi connectivity index (χ4v) is 11.9. The van der Waals surface area contributed by atoms with Gasteiger partial charge in [-0.15, -0.1) is 0 Å². The quantitative estimate of drug-likeness (QED) is 0.00565. The van der Waals surface area contributed by atoms with Gasteiger partial charge in [0.2, 0.25) is 11.6 Å². The number of ether oxygens (including phenoxy) is 2. The van der Waals surface area contributed by atoms with Crippen molar-refractivity contribution in [3.05, 3.63) is 199 Å². The van der Waals surface area contributed by atoms with Crippen LogP contribution in [0.5, 0.6) is 11.5 Å². The molecule has 0 saturated carbocycles. The number of rotatable bonds is 38. The zero-order valence-corrected chi connectivity index (χ0v) is 62.0. The minimum absolute atomic E-state index is 0.0149. The molecule has 0 aliphatic heterocycles. The van der Waals surface area contributed by atoms with Crippen LogP contribution in [0.3, 0.4) is 0 Å². The lowest BCUT2D eigenvalue weighted by Gasteiger charge is -2.09. The van der Waals surface area contributed by atoms with Gasteiger partial charge in [-0.05, 0) is 201 Å². The highest BCUT2D eigenvalue weighted by Crippen LogP contribution is 2.34. The SMILES string of the molecule is Cc1c(CCCC(=O)O)c2cccc(C#Cc3ccc(OCCCCc4c(F)c(F)c(F)c(F)c4F)cc3)c2n1CCCC(=O)O.Cc1c(CCCC(=O)O)c2cccc(C#Cc3ccc(OCCCCc4c(F)c(F)c(F)c(F)c4F)cc3)c2n1CCCC(=O)O.NCCCCC(N)C(=O)O.NCCCCC(N)C(=O)O. The smallest absolute Gasteiger partial charge is 0.320 e. The van der Waals surface area contributed by atoms with E-state index in [-0.39, 0.29) is 64.6 Å². The molecular weight excluding hydrogens is 1480 g/mol. The van der Waals surface area contributed by atoms with Gasteiger partial charge in [-0.2, -0.15) is 0 Å². The normalized spacial score (nSPS) is 11.4. The average molecular weight is 1580 g/mol. The van der Waals surface area contributed by atoms with Crippen molar-refractivity contribution in [2.45, 2.75) is 180 Å². The van der Waals surface area contributed by atoms with E-state index in [0.717, 1.165) is 81.1 Å². The summed E-state index contributed by atoms with van der Waals surface area (Å²) >= 11 is 0. The highest BCUT2D eigenvalue weighted by molar-refractivity contribution is 5.92. The molecule has 0 bridgehead atoms. The summed E-state index contributed by atoms with van der Waals surface area (Å²) in [6.45, 7) is 6.38. The van der Waals surface area contributed by atoms with Crippen LogP contribution >= 0.6 is 0 Å². The number of para-hydroxylation sites is 2. The number of aliphatic carboxylic acids is 6. The number of carbonyl (C=O) groups is 6. The zero-order valence-electron chi connectivity index (χ0n) is 62.0. The molecule has 14 N–H and O–H groups in total. The van der Waals surface area contributed by atoms with Gasteiger partial charge in [-0.1, -0.05) is 60.8 Å². The van der Waals surface area contributed by atoms with Crippen LogP contribution in [-0.4, -0.2) is 114 Å². The van der Waals surface area contributed by atoms with Crippen LogP contribution in [0, 0.1) is 95.7 Å². The van der Waals surface area contributed by atoms with Crippen LogP contribution in [0.2, 0.25) is 0 Å². The Hall–Kier alpha value is -10.9. The molecule has 20 nitrogen and oxygen atoms in total. The Balaban J connectivity index is 0.000000321. The number of hydrogen-bond donors (Lipinski definition) is 10. The third-order valence-corrected chi connectivity index (χ3v) is 17.9. The van der Waals surface area contributed by atoms with Crippen LogP contribution < -0.4 is 32.4 Å². The van der Waals surface area contributed by atoms with E-state index in [1.807, 2.05) is 50.2 Å². The van der Waals surface area contributed by atoms with Crippen LogP contribution in [0.1, 0.15) is 171 Å². The Labute approximate surface area is 640 Å². The number of nitrogens with two attached hydrogens (primary N) is 4. The first-order valence-corrected chi connectivity index (χ1v) is 36.3. The molecule has 0 fully saturated rings. The molecule has 0 aliphatic carbocycles. The Morgan fingerprint density at radius 1 is 0.375 bits per heavy atom. The van der Waals surface area contributed by atoms with Gasteiger partial charge >= 0.3 is 35.8 Å². The largest absolute Gasteiger partial charge is 0.494 e. The topological polar surface area (TPSA) is 356 Å². The van der Waals surface area contributed by atoms with E-state index < -0.39 is 117 Å². The van der Waals surface area contributed by atoms with Gasteiger partial charge in [0, 0.05) is 94.3 Å². The van der Waals surface area contributed by atoms with E-state index in [9.17, 15) is 72.7 Å². The minimum atomic E-state index is -2.18. The maximum absolute atomic E-state index is 13.8. The number of carboxylic acids is 6. The molecule has 0 spiro atoms. The molecule has 6 aromatic carbocycles. The lowest BCUT2D eigenvalue weighted by molar-refractivity contribution is -0.139. The molecule has 0 radical (unpaired) electrons. The van der Waals surface area contributed by atoms with E-state index >= 15 is 0 Å². The molecule has 8 aromatic rings. The van der Waals surface area contributed by atoms with Crippen molar-refractivity contribution in [3.63, 3.8) is 0 Å². The summed E-state index contributed by atoms with van der Waals surface area (Å²) in [5.74, 6) is -11.1. The molecule has 0 amide bonds. The Morgan fingerprint density at radius 3 is 0.982 bits per heavy atom. The molecule has 2 heterocycles. The first-order chi connectivity index (χ1) is 53.3. The molecular formula is C82H92F10N6O14. The molecule has 0 saturated heterocycles. The predicted octanol–water partition coefficient (Wildman–Crippen LogP) is 14.5. The molecule has 112 heavy (non-hydrogen) atoms. The van der Waals surface area contributed by atoms with E-state index in [2.05, 4.69) is 32.8 Å². The van der Waals surface area contributed by atoms with Crippen LogP contribution in [0.4, 0.5) is 43.9 Å². The highest BCUT2D eigenvalue weighted by atomic mass is 19.2. The third-order valence-electron chi connectivity index (χ3n) is 17.9. The fraction of sp³-hybridized carbons (Fsp3) is 0.390. The second kappa shape index (κ2) is 46.7. The fourth-order valence-electron chi connectivity index (χ4n) is 11.9. The highest BCUT2D eigenvalue weighted by Gasteiger charge is 2.27. The van der Waals surface area contributed by atoms with E-state index in [1.54, 1.807) is 48.5 Å². The van der Waals surface area contributed by atoms with Crippen molar-refractivity contribution < 1.29 is 113 Å². The lowest BCUT2D eigenvalue weighted by atomic mass is 10.0. The minimum Gasteiger partial charge on any atom is -0.494 e. The van der Waals surface area contributed by atoms with E-state index in [4.69, 9.17) is 63.0 Å². The number of fused-ring (bicyclic) bond motifs is 2. The van der Waals surface area contributed by atoms with Gasteiger partial charge in [0.1, 0.15) is 23.6 Å². The lowest BCUT2D eigenvalue weighted by Crippen LogP contribution is -2.29. The number of aromatic nitrogens is 2. The van der Waals surface area contributed by atoms with Crippen molar-refractivity contribution in [2.24, 2.45) is 22.9 Å². The third kappa shape index (κ3) is 27.8. The monoisotopic (exact) mass is 1570 g/mol. The van der Waals surface area contributed by atoms with Gasteiger partial charge in [0.15, 0.2) is 46.5 Å². The first-order valence-electron chi connectivity index (χ1n) is 36.3. The summed E-state index contributed by atoms with van der Waals surface area (Å²) in [5, 5.41) is 55.0. The molecule has 8 rings (SSSR count). The van der Waals surface area contributed by atoms with E-state index in [1.165, 1.54) is 0 Å². The second-order valence-electron chi connectivity index (χ2n) is 26.0. The van der Waals surface area contributed by atoms with Crippen molar-refractivity contribution in [3.8, 4) is 35.2 Å². The standard InChI is InChI=1S/2C35H32F5NO5.2C6H14N2O2/c2*1-21-25(9-5-11-28(42)43)26-10-4-7-23(35(26)41(21)19-6-12-29(44)45)16-13-22-14-17-24(18-15-22)46-20-3-2-8-27-30(36)32(38)34(40)33(39)31(27)37;2*7-4-2-1-3-5(8)6(9)10/h2*4,7,10,14-15,17-18H,2-3,5-6,8-9,11-12,19-20H2,1H3,(H,42,43)(H,44,45);2*5H,1-4,7-8H2,(H,9,10). The first kappa shape index (κ1) is 91.7. The molecule has 2 atom stereocenters. The molecule has 30 heteroatoms. The molecule has 604 valence electrons. The summed E-state index contributed by atoms with van der Waals surface area (Å²) < 4.78 is 151. The summed E-state index contributed by atoms with van der Waals surface area (Å²) in [6, 6.07) is 23.9. The number of hydrogen-bond acceptors (Lipinski definition) is 12. The summed E-state index contributed by atoms with van der Waals surface area (Å²) in [4.78, 5) is 64.7. The summed E-state index contributed by atoms with van der Waals surface area (Å²) in [7, 11) is 0. The number of nitrogens with zero attached hydrogens (tertiary/aromatic N) is 2. The maximum atomic E-state index is 13.8. The van der Waals surface area contributed by atoms with Crippen LogP contribution in [-0.2, 0) is 67.5 Å². The Morgan fingerprint density at radius 2 is 0.679 bits per heavy atom. The van der Waals surface area contributed by atoms with Gasteiger partial charge in [-0.3, -0.25) is 28.8 Å². The van der Waals surface area contributed by atoms with Crippen molar-refractivity contribution >= 4 is 57.6 Å². The van der Waals surface area contributed by atoms with Crippen molar-refractivity contribution in [1.82, 2.24) is 9.13 Å². The van der Waals surface area contributed by atoms with Gasteiger partial charge in [-0.25, -0.2) is 43.9 Å². The number of benzene rings is 6. The van der Waals surface area contributed by atoms with Gasteiger partial charge in [0.25, 0.3) is 0 Å². The zero-order chi connectivity index (χ0) is 82.7. The summed E-state index contributed by atoms with van der Waals surface area (Å²) in [6.07, 6.45) is 7.63. The Bertz CT molecular complexity index is 4320. The number of carboxylic acid groups (broad SMARTS) is 6. The van der Waals surface area contributed by atoms with Gasteiger partial charge in [0.05, 0.1) is 24.2 Å². The van der Waals surface area contributed by atoms with E-state index in [0.29, 0.717) is 113 Å². The van der Waals surface area contributed by atoms with Crippen molar-refractivity contribution in [1.29, 1.82) is 0 Å². The Kier molecular flexibility index (Phi) is 38.2. The number of aryl methyl sites for hydroxylation is 4. The predicted molar refractivity (Wildman–Crippen MR) is 399 cm³/mol. The molecule has 2 unspecified atom stereocenters. The molecule has 2 aromatic heterocycles. The number of halogens is 10. The van der Waals surface area contributed by atoms with Crippen molar-refractivity contribution in [2.75, 3.05) is 26.3 Å². The molecule has 0 aliphatic rings. The summed E-state index contributed by atoms with van der Waals surface area (Å²) in [5.41, 5.74) is 27.7. The van der Waals surface area contributed by atoms with Crippen LogP contribution in [0.15, 0.2) is 84.9 Å². The van der Waals surface area contributed by atoms with Crippen LogP contribution in [0.25, 0.3) is 21.8 Å². The van der Waals surface area contributed by atoms with Gasteiger partial charge < -0.3 is 72.2 Å².